The van der Waals surface area contributed by atoms with E-state index >= 15 is 0 Å². The second-order valence-electron chi connectivity index (χ2n) is 7.26. The molecule has 6 nitrogen and oxygen atoms in total. The maximum atomic E-state index is 13.4. The maximum Gasteiger partial charge on any atom is 0.406 e. The van der Waals surface area contributed by atoms with Crippen LogP contribution in [0, 0.1) is 11.3 Å². The number of benzene rings is 2. The summed E-state index contributed by atoms with van der Waals surface area (Å²) in [4.78, 5) is 25.0. The summed E-state index contributed by atoms with van der Waals surface area (Å²) < 4.78 is 6.87. The van der Waals surface area contributed by atoms with Crippen LogP contribution in [0.3, 0.4) is 0 Å². The molecule has 150 valence electrons. The number of halogens is 1. The van der Waals surface area contributed by atoms with Crippen LogP contribution in [-0.4, -0.2) is 10.7 Å². The van der Waals surface area contributed by atoms with E-state index in [1.807, 2.05) is 42.5 Å². The number of rotatable bonds is 3. The van der Waals surface area contributed by atoms with Gasteiger partial charge in [-0.25, -0.2) is 4.79 Å². The smallest absolute Gasteiger partial charge is 0.406 e. The van der Waals surface area contributed by atoms with Gasteiger partial charge in [-0.05, 0) is 42.7 Å². The Bertz CT molecular complexity index is 1260. The highest BCUT2D eigenvalue weighted by Gasteiger charge is 2.37. The van der Waals surface area contributed by atoms with E-state index in [1.165, 1.54) is 6.92 Å². The van der Waals surface area contributed by atoms with Crippen molar-refractivity contribution in [2.24, 2.45) is 5.73 Å². The van der Waals surface area contributed by atoms with E-state index in [2.05, 4.69) is 0 Å². The summed E-state index contributed by atoms with van der Waals surface area (Å²) in [6, 6.07) is 18.3. The van der Waals surface area contributed by atoms with Gasteiger partial charge in [0.2, 0.25) is 5.60 Å². The lowest BCUT2D eigenvalue weighted by atomic mass is 9.86. The fourth-order valence-corrected chi connectivity index (χ4v) is 4.09. The molecule has 1 atom stereocenters. The minimum Gasteiger partial charge on any atom is -0.423 e. The molecule has 2 heterocycles. The Balaban J connectivity index is 2.11. The molecule has 30 heavy (non-hydrogen) atoms. The second kappa shape index (κ2) is 7.36. The first-order valence-corrected chi connectivity index (χ1v) is 9.74. The van der Waals surface area contributed by atoms with Gasteiger partial charge in [0.25, 0.3) is 5.56 Å². The molecule has 0 fully saturated rings. The minimum absolute atomic E-state index is 0.190. The Morgan fingerprint density at radius 1 is 1.20 bits per heavy atom. The van der Waals surface area contributed by atoms with Crippen LogP contribution >= 0.6 is 11.6 Å². The second-order valence-corrected chi connectivity index (χ2v) is 7.70. The lowest BCUT2D eigenvalue weighted by molar-refractivity contribution is 0.0707. The van der Waals surface area contributed by atoms with Crippen LogP contribution in [0.5, 0.6) is 0 Å². The SMILES string of the molecule is CC(C#N)(OC(N)=O)c1cc(-c2ccccc2)c(=O)n2c1-c1cc(Cl)ccc1CC2. The molecule has 0 spiro atoms. The van der Waals surface area contributed by atoms with Gasteiger partial charge in [0.1, 0.15) is 6.07 Å². The summed E-state index contributed by atoms with van der Waals surface area (Å²) >= 11 is 6.24. The number of carbonyl (C=O) groups excluding carboxylic acids is 1. The average molecular weight is 420 g/mol. The van der Waals surface area contributed by atoms with Crippen LogP contribution in [-0.2, 0) is 23.3 Å². The lowest BCUT2D eigenvalue weighted by Gasteiger charge is -2.30. The van der Waals surface area contributed by atoms with E-state index in [9.17, 15) is 14.9 Å². The number of fused-ring (bicyclic) bond motifs is 3. The van der Waals surface area contributed by atoms with Gasteiger partial charge >= 0.3 is 6.09 Å². The molecule has 1 aliphatic rings. The Hall–Kier alpha value is -3.56. The maximum absolute atomic E-state index is 13.4. The molecule has 1 aliphatic heterocycles. The van der Waals surface area contributed by atoms with Crippen LogP contribution in [0.4, 0.5) is 4.79 Å². The molecule has 0 saturated heterocycles. The van der Waals surface area contributed by atoms with Gasteiger partial charge in [-0.2, -0.15) is 5.26 Å². The van der Waals surface area contributed by atoms with Crippen LogP contribution in [0.1, 0.15) is 18.1 Å². The van der Waals surface area contributed by atoms with Gasteiger partial charge in [0.15, 0.2) is 0 Å². The number of nitriles is 1. The number of primary amides is 1. The number of aromatic nitrogens is 1. The first-order valence-electron chi connectivity index (χ1n) is 9.36. The highest BCUT2D eigenvalue weighted by molar-refractivity contribution is 6.30. The quantitative estimate of drug-likeness (QED) is 0.686. The third-order valence-electron chi connectivity index (χ3n) is 5.34. The Kier molecular flexibility index (Phi) is 4.84. The Morgan fingerprint density at radius 2 is 1.93 bits per heavy atom. The third kappa shape index (κ3) is 3.23. The highest BCUT2D eigenvalue weighted by atomic mass is 35.5. The minimum atomic E-state index is -1.70. The van der Waals surface area contributed by atoms with Gasteiger partial charge in [-0.3, -0.25) is 4.79 Å². The molecule has 1 aromatic heterocycles. The molecule has 2 aromatic carbocycles. The summed E-state index contributed by atoms with van der Waals surface area (Å²) in [7, 11) is 0. The fraction of sp³-hybridized carbons (Fsp3) is 0.174. The van der Waals surface area contributed by atoms with Crippen molar-refractivity contribution < 1.29 is 9.53 Å². The molecule has 7 heteroatoms. The number of pyridine rings is 1. The van der Waals surface area contributed by atoms with Gasteiger partial charge in [0, 0.05) is 28.3 Å². The van der Waals surface area contributed by atoms with Crippen molar-refractivity contribution in [3.8, 4) is 28.5 Å². The van der Waals surface area contributed by atoms with Crippen molar-refractivity contribution >= 4 is 17.7 Å². The molecule has 3 aromatic rings. The monoisotopic (exact) mass is 419 g/mol. The Labute approximate surface area is 178 Å². The summed E-state index contributed by atoms with van der Waals surface area (Å²) in [6.07, 6.45) is -0.441. The molecule has 1 unspecified atom stereocenters. The number of aryl methyl sites for hydroxylation is 1. The number of carbonyl (C=O) groups is 1. The number of amides is 1. The van der Waals surface area contributed by atoms with E-state index in [0.29, 0.717) is 40.4 Å². The molecule has 0 aliphatic carbocycles. The van der Waals surface area contributed by atoms with Crippen LogP contribution < -0.4 is 11.3 Å². The predicted octanol–water partition coefficient (Wildman–Crippen LogP) is 4.23. The van der Waals surface area contributed by atoms with Crippen molar-refractivity contribution in [2.45, 2.75) is 25.5 Å². The van der Waals surface area contributed by atoms with E-state index in [-0.39, 0.29) is 5.56 Å². The zero-order valence-electron chi connectivity index (χ0n) is 16.2. The van der Waals surface area contributed by atoms with Crippen LogP contribution in [0.15, 0.2) is 59.4 Å². The van der Waals surface area contributed by atoms with E-state index in [4.69, 9.17) is 22.1 Å². The first kappa shape index (κ1) is 19.7. The molecular formula is C23H18ClN3O3. The molecule has 2 N–H and O–H groups in total. The van der Waals surface area contributed by atoms with Crippen molar-refractivity contribution in [1.29, 1.82) is 5.26 Å². The Morgan fingerprint density at radius 3 is 2.60 bits per heavy atom. The van der Waals surface area contributed by atoms with Gasteiger partial charge in [-0.15, -0.1) is 0 Å². The van der Waals surface area contributed by atoms with Crippen LogP contribution in [0.2, 0.25) is 5.02 Å². The molecule has 0 bridgehead atoms. The number of ether oxygens (including phenoxy) is 1. The zero-order valence-corrected chi connectivity index (χ0v) is 16.9. The standard InChI is InChI=1S/C23H18ClN3O3/c1-23(13-25,30-22(26)29)19-12-18(14-5-3-2-4-6-14)21(28)27-10-9-15-7-8-16(24)11-17(15)20(19)27/h2-8,11-12H,9-10H2,1H3,(H2,26,29). The van der Waals surface area contributed by atoms with Crippen molar-refractivity contribution in [1.82, 2.24) is 4.57 Å². The highest BCUT2D eigenvalue weighted by Crippen LogP contribution is 2.40. The van der Waals surface area contributed by atoms with E-state index in [1.54, 1.807) is 22.8 Å². The summed E-state index contributed by atoms with van der Waals surface area (Å²) in [5.74, 6) is 0. The number of hydrogen-bond donors (Lipinski definition) is 1. The van der Waals surface area contributed by atoms with Crippen molar-refractivity contribution in [3.05, 3.63) is 81.1 Å². The number of nitrogens with two attached hydrogens (primary N) is 1. The molecule has 1 amide bonds. The van der Waals surface area contributed by atoms with Gasteiger partial charge < -0.3 is 15.0 Å². The summed E-state index contributed by atoms with van der Waals surface area (Å²) in [6.45, 7) is 1.89. The van der Waals surface area contributed by atoms with Crippen molar-refractivity contribution in [3.63, 3.8) is 0 Å². The first-order chi connectivity index (χ1) is 14.3. The molecule has 0 radical (unpaired) electrons. The average Bonchev–Trinajstić information content (AvgIpc) is 2.73. The van der Waals surface area contributed by atoms with E-state index < -0.39 is 11.7 Å². The third-order valence-corrected chi connectivity index (χ3v) is 5.57. The summed E-state index contributed by atoms with van der Waals surface area (Å²) in [5, 5.41) is 10.4. The molecule has 0 saturated carbocycles. The predicted molar refractivity (Wildman–Crippen MR) is 114 cm³/mol. The summed E-state index contributed by atoms with van der Waals surface area (Å²) in [5.41, 5.74) is 7.10. The fourth-order valence-electron chi connectivity index (χ4n) is 3.92. The topological polar surface area (TPSA) is 98.1 Å². The van der Waals surface area contributed by atoms with Crippen LogP contribution in [0.25, 0.3) is 22.4 Å². The van der Waals surface area contributed by atoms with Gasteiger partial charge in [0.05, 0.1) is 5.69 Å². The van der Waals surface area contributed by atoms with E-state index in [0.717, 1.165) is 11.1 Å². The molecular weight excluding hydrogens is 402 g/mol. The number of hydrogen-bond acceptors (Lipinski definition) is 4. The largest absolute Gasteiger partial charge is 0.423 e. The lowest BCUT2D eigenvalue weighted by Crippen LogP contribution is -2.36. The normalized spacial score (nSPS) is 14.0. The zero-order chi connectivity index (χ0) is 21.5. The van der Waals surface area contributed by atoms with Crippen molar-refractivity contribution in [2.75, 3.05) is 0 Å². The molecule has 4 rings (SSSR count). The number of nitrogens with zero attached hydrogens (tertiary/aromatic N) is 2. The van der Waals surface area contributed by atoms with Gasteiger partial charge in [-0.1, -0.05) is 48.0 Å².